The van der Waals surface area contributed by atoms with Gasteiger partial charge in [-0.15, -0.1) is 0 Å². The van der Waals surface area contributed by atoms with Crippen molar-refractivity contribution in [2.24, 2.45) is 0 Å². The van der Waals surface area contributed by atoms with E-state index in [1.165, 1.54) is 0 Å². The Morgan fingerprint density at radius 3 is 2.59 bits per heavy atom. The minimum Gasteiger partial charge on any atom is -0.389 e. The molecular weight excluding hydrogens is 257 g/mol. The lowest BCUT2D eigenvalue weighted by Crippen LogP contribution is -1.93. The molecule has 2 aromatic rings. The molecule has 0 saturated carbocycles. The molecule has 4 heteroatoms. The smallest absolute Gasteiger partial charge is 0.0903 e. The van der Waals surface area contributed by atoms with Crippen LogP contribution in [-0.4, -0.2) is 10.1 Å². The summed E-state index contributed by atoms with van der Waals surface area (Å²) < 4.78 is 0. The summed E-state index contributed by atoms with van der Waals surface area (Å²) in [6, 6.07) is 8.85. The van der Waals surface area contributed by atoms with Gasteiger partial charge in [0, 0.05) is 11.8 Å². The first-order valence-corrected chi connectivity index (χ1v) is 5.93. The van der Waals surface area contributed by atoms with Crippen molar-refractivity contribution in [3.05, 3.63) is 52.1 Å². The second-order valence-corrected chi connectivity index (χ2v) is 4.56. The minimum absolute atomic E-state index is 0.539. The van der Waals surface area contributed by atoms with E-state index in [4.69, 9.17) is 23.2 Å². The monoisotopic (exact) mass is 267 g/mol. The number of halogens is 2. The lowest BCUT2D eigenvalue weighted by molar-refractivity contribution is 0.199. The third-order valence-corrected chi connectivity index (χ3v) is 3.12. The van der Waals surface area contributed by atoms with Gasteiger partial charge in [-0.2, -0.15) is 0 Å². The molecular formula is C13H11Cl2NO. The van der Waals surface area contributed by atoms with E-state index in [2.05, 4.69) is 4.98 Å². The van der Waals surface area contributed by atoms with Gasteiger partial charge in [0.15, 0.2) is 0 Å². The molecule has 2 nitrogen and oxygen atoms in total. The highest BCUT2D eigenvalue weighted by molar-refractivity contribution is 6.36. The fraction of sp³-hybridized carbons (Fsp3) is 0.154. The average molecular weight is 268 g/mol. The van der Waals surface area contributed by atoms with Crippen LogP contribution in [0.15, 0.2) is 36.5 Å². The molecule has 0 aliphatic rings. The van der Waals surface area contributed by atoms with E-state index in [9.17, 15) is 5.11 Å². The summed E-state index contributed by atoms with van der Waals surface area (Å²) in [6.07, 6.45) is 1.11. The molecule has 88 valence electrons. The van der Waals surface area contributed by atoms with Crippen LogP contribution in [0.5, 0.6) is 0 Å². The lowest BCUT2D eigenvalue weighted by atomic mass is 10.0. The summed E-state index contributed by atoms with van der Waals surface area (Å²) in [4.78, 5) is 4.21. The van der Waals surface area contributed by atoms with Crippen LogP contribution in [0.3, 0.4) is 0 Å². The summed E-state index contributed by atoms with van der Waals surface area (Å²) >= 11 is 12.2. The fourth-order valence-electron chi connectivity index (χ4n) is 1.57. The fourth-order valence-corrected chi connectivity index (χ4v) is 2.00. The van der Waals surface area contributed by atoms with Crippen LogP contribution in [-0.2, 0) is 0 Å². The topological polar surface area (TPSA) is 33.1 Å². The predicted molar refractivity (Wildman–Crippen MR) is 70.3 cm³/mol. The van der Waals surface area contributed by atoms with Crippen LogP contribution < -0.4 is 0 Å². The van der Waals surface area contributed by atoms with Gasteiger partial charge >= 0.3 is 0 Å². The number of nitrogens with zero attached hydrogens (tertiary/aromatic N) is 1. The van der Waals surface area contributed by atoms with Crippen LogP contribution in [0, 0.1) is 0 Å². The maximum Gasteiger partial charge on any atom is 0.0903 e. The molecule has 0 bridgehead atoms. The second-order valence-electron chi connectivity index (χ2n) is 3.75. The van der Waals surface area contributed by atoms with Crippen LogP contribution in [0.2, 0.25) is 10.0 Å². The summed E-state index contributed by atoms with van der Waals surface area (Å²) in [5.41, 5.74) is 2.14. The molecule has 1 aromatic carbocycles. The Hall–Kier alpha value is -1.09. The van der Waals surface area contributed by atoms with Gasteiger partial charge in [-0.1, -0.05) is 29.3 Å². The highest BCUT2D eigenvalue weighted by Gasteiger charge is 2.11. The molecule has 0 aliphatic carbocycles. The lowest BCUT2D eigenvalue weighted by Gasteiger charge is -2.10. The zero-order valence-corrected chi connectivity index (χ0v) is 10.7. The second kappa shape index (κ2) is 5.05. The van der Waals surface area contributed by atoms with E-state index >= 15 is 0 Å². The van der Waals surface area contributed by atoms with Crippen LogP contribution in [0.25, 0.3) is 11.3 Å². The molecule has 0 saturated heterocycles. The molecule has 0 radical (unpaired) electrons. The normalized spacial score (nSPS) is 12.5. The predicted octanol–water partition coefficient (Wildman–Crippen LogP) is 4.11. The van der Waals surface area contributed by atoms with Gasteiger partial charge in [-0.05, 0) is 36.8 Å². The van der Waals surface area contributed by atoms with E-state index in [0.29, 0.717) is 15.7 Å². The Bertz CT molecular complexity index is 541. The number of benzene rings is 1. The number of hydrogen-bond donors (Lipinski definition) is 1. The standard InChI is InChI=1S/C13H11Cl2NO/c1-8(17)9-4-5-11(14)10(7-9)13-12(15)3-2-6-16-13/h2-8,17H,1H3. The SMILES string of the molecule is CC(O)c1ccc(Cl)c(-c2ncccc2Cl)c1. The van der Waals surface area contributed by atoms with Crippen molar-refractivity contribution >= 4 is 23.2 Å². The molecule has 1 atom stereocenters. The van der Waals surface area contributed by atoms with Crippen molar-refractivity contribution in [2.75, 3.05) is 0 Å². The molecule has 17 heavy (non-hydrogen) atoms. The van der Waals surface area contributed by atoms with E-state index in [0.717, 1.165) is 11.1 Å². The van der Waals surface area contributed by atoms with Gasteiger partial charge in [0.05, 0.1) is 21.8 Å². The number of pyridine rings is 1. The number of hydrogen-bond acceptors (Lipinski definition) is 2. The molecule has 1 unspecified atom stereocenters. The maximum absolute atomic E-state index is 9.56. The van der Waals surface area contributed by atoms with E-state index < -0.39 is 6.10 Å². The Morgan fingerprint density at radius 1 is 1.18 bits per heavy atom. The van der Waals surface area contributed by atoms with E-state index in [1.807, 2.05) is 0 Å². The first-order valence-electron chi connectivity index (χ1n) is 5.18. The van der Waals surface area contributed by atoms with Crippen molar-refractivity contribution in [2.45, 2.75) is 13.0 Å². The maximum atomic E-state index is 9.56. The number of rotatable bonds is 2. The van der Waals surface area contributed by atoms with Crippen molar-refractivity contribution in [1.82, 2.24) is 4.98 Å². The van der Waals surface area contributed by atoms with Gasteiger partial charge in [0.25, 0.3) is 0 Å². The van der Waals surface area contributed by atoms with Crippen LogP contribution in [0.1, 0.15) is 18.6 Å². The molecule has 0 aliphatic heterocycles. The van der Waals surface area contributed by atoms with Crippen molar-refractivity contribution in [3.8, 4) is 11.3 Å². The number of aliphatic hydroxyl groups is 1. The molecule has 1 N–H and O–H groups in total. The minimum atomic E-state index is -0.548. The largest absolute Gasteiger partial charge is 0.389 e. The van der Waals surface area contributed by atoms with E-state index in [-0.39, 0.29) is 0 Å². The van der Waals surface area contributed by atoms with Gasteiger partial charge in [-0.3, -0.25) is 4.98 Å². The molecule has 2 rings (SSSR count). The molecule has 1 aromatic heterocycles. The quantitative estimate of drug-likeness (QED) is 0.889. The molecule has 1 heterocycles. The van der Waals surface area contributed by atoms with Crippen molar-refractivity contribution < 1.29 is 5.11 Å². The molecule has 0 amide bonds. The van der Waals surface area contributed by atoms with Gasteiger partial charge in [0.2, 0.25) is 0 Å². The van der Waals surface area contributed by atoms with Crippen molar-refractivity contribution in [3.63, 3.8) is 0 Å². The van der Waals surface area contributed by atoms with Gasteiger partial charge in [-0.25, -0.2) is 0 Å². The van der Waals surface area contributed by atoms with Crippen LogP contribution in [0.4, 0.5) is 0 Å². The summed E-state index contributed by atoms with van der Waals surface area (Å²) in [6.45, 7) is 1.70. The highest BCUT2D eigenvalue weighted by atomic mass is 35.5. The third-order valence-electron chi connectivity index (χ3n) is 2.49. The Morgan fingerprint density at radius 2 is 1.94 bits per heavy atom. The summed E-state index contributed by atoms with van der Waals surface area (Å²) in [7, 11) is 0. The Labute approximate surface area is 110 Å². The first-order chi connectivity index (χ1) is 8.09. The summed E-state index contributed by atoms with van der Waals surface area (Å²) in [5.74, 6) is 0. The third kappa shape index (κ3) is 2.60. The molecule has 0 spiro atoms. The number of aromatic nitrogens is 1. The zero-order valence-electron chi connectivity index (χ0n) is 9.19. The Kier molecular flexibility index (Phi) is 3.67. The Balaban J connectivity index is 2.59. The highest BCUT2D eigenvalue weighted by Crippen LogP contribution is 2.33. The summed E-state index contributed by atoms with van der Waals surface area (Å²) in [5, 5.41) is 10.7. The average Bonchev–Trinajstić information content (AvgIpc) is 2.30. The van der Waals surface area contributed by atoms with Crippen LogP contribution >= 0.6 is 23.2 Å². The first kappa shape index (κ1) is 12.4. The van der Waals surface area contributed by atoms with E-state index in [1.54, 1.807) is 43.5 Å². The van der Waals surface area contributed by atoms with Gasteiger partial charge < -0.3 is 5.11 Å². The number of aliphatic hydroxyl groups excluding tert-OH is 1. The van der Waals surface area contributed by atoms with Crippen molar-refractivity contribution in [1.29, 1.82) is 0 Å². The van der Waals surface area contributed by atoms with Gasteiger partial charge in [0.1, 0.15) is 0 Å². The zero-order chi connectivity index (χ0) is 12.4. The molecule has 0 fully saturated rings.